The molecule has 1 unspecified atom stereocenters. The van der Waals surface area contributed by atoms with Gasteiger partial charge in [0.2, 0.25) is 0 Å². The first-order valence-electron chi connectivity index (χ1n) is 9.95. The van der Waals surface area contributed by atoms with Gasteiger partial charge in [0.05, 0.1) is 17.2 Å². The first-order chi connectivity index (χ1) is 13.8. The third kappa shape index (κ3) is 3.88. The summed E-state index contributed by atoms with van der Waals surface area (Å²) in [7, 11) is 0. The summed E-state index contributed by atoms with van der Waals surface area (Å²) in [5.74, 6) is 0.824. The molecule has 150 valence electrons. The number of carbonyl (C=O) groups is 1. The van der Waals surface area contributed by atoms with Crippen molar-refractivity contribution in [2.24, 2.45) is 0 Å². The number of aryl methyl sites for hydroxylation is 1. The summed E-state index contributed by atoms with van der Waals surface area (Å²) in [4.78, 5) is 17.7. The largest absolute Gasteiger partial charge is 0.399 e. The number of hydrogen-bond acceptors (Lipinski definition) is 5. The van der Waals surface area contributed by atoms with Gasteiger partial charge >= 0.3 is 0 Å². The number of aromatic nitrogens is 2. The molecule has 4 rings (SSSR count). The molecule has 1 aliphatic rings. The molecule has 6 nitrogen and oxygen atoms in total. The Balaban J connectivity index is 1.62. The van der Waals surface area contributed by atoms with E-state index in [0.717, 1.165) is 30.5 Å². The lowest BCUT2D eigenvalue weighted by molar-refractivity contribution is 0.0933. The number of benzene rings is 2. The molecule has 29 heavy (non-hydrogen) atoms. The molecule has 1 heterocycles. The van der Waals surface area contributed by atoms with Crippen molar-refractivity contribution in [2.45, 2.75) is 51.5 Å². The SMILES string of the molecule is CC(C)(C)c1noc(-c2ccccc2C(=O)NC2CCCc3cc(N)ccc32)n1. The Morgan fingerprint density at radius 2 is 2.00 bits per heavy atom. The van der Waals surface area contributed by atoms with Crippen LogP contribution >= 0.6 is 0 Å². The summed E-state index contributed by atoms with van der Waals surface area (Å²) in [6.07, 6.45) is 2.90. The first kappa shape index (κ1) is 19.2. The fourth-order valence-electron chi connectivity index (χ4n) is 3.73. The van der Waals surface area contributed by atoms with Gasteiger partial charge in [-0.15, -0.1) is 0 Å². The second-order valence-corrected chi connectivity index (χ2v) is 8.60. The lowest BCUT2D eigenvalue weighted by atomic mass is 9.87. The van der Waals surface area contributed by atoms with Crippen molar-refractivity contribution in [1.29, 1.82) is 0 Å². The van der Waals surface area contributed by atoms with E-state index in [4.69, 9.17) is 10.3 Å². The molecule has 0 saturated heterocycles. The van der Waals surface area contributed by atoms with Gasteiger partial charge in [0.25, 0.3) is 11.8 Å². The van der Waals surface area contributed by atoms with Crippen LogP contribution in [0.3, 0.4) is 0 Å². The smallest absolute Gasteiger partial charge is 0.258 e. The average Bonchev–Trinajstić information content (AvgIpc) is 3.18. The van der Waals surface area contributed by atoms with Crippen LogP contribution in [-0.4, -0.2) is 16.0 Å². The Morgan fingerprint density at radius 3 is 2.76 bits per heavy atom. The van der Waals surface area contributed by atoms with E-state index in [1.54, 1.807) is 6.07 Å². The third-order valence-corrected chi connectivity index (χ3v) is 5.29. The maximum atomic E-state index is 13.2. The van der Waals surface area contributed by atoms with Gasteiger partial charge in [-0.25, -0.2) is 0 Å². The number of nitrogens with two attached hydrogens (primary N) is 1. The molecule has 0 bridgehead atoms. The number of nitrogens with one attached hydrogen (secondary N) is 1. The van der Waals surface area contributed by atoms with E-state index in [2.05, 4.69) is 15.5 Å². The van der Waals surface area contributed by atoms with Gasteiger partial charge < -0.3 is 15.6 Å². The van der Waals surface area contributed by atoms with Gasteiger partial charge in [0, 0.05) is 11.1 Å². The minimum atomic E-state index is -0.230. The lowest BCUT2D eigenvalue weighted by Crippen LogP contribution is -2.31. The van der Waals surface area contributed by atoms with E-state index in [1.165, 1.54) is 5.56 Å². The molecule has 0 fully saturated rings. The second kappa shape index (κ2) is 7.35. The zero-order valence-electron chi connectivity index (χ0n) is 17.0. The summed E-state index contributed by atoms with van der Waals surface area (Å²) < 4.78 is 5.47. The first-order valence-corrected chi connectivity index (χ1v) is 9.95. The van der Waals surface area contributed by atoms with Gasteiger partial charge in [-0.1, -0.05) is 44.1 Å². The molecule has 3 aromatic rings. The summed E-state index contributed by atoms with van der Waals surface area (Å²) in [6.45, 7) is 6.06. The normalized spacial score (nSPS) is 16.3. The zero-order valence-corrected chi connectivity index (χ0v) is 17.0. The maximum absolute atomic E-state index is 13.2. The van der Waals surface area contributed by atoms with E-state index < -0.39 is 0 Å². The van der Waals surface area contributed by atoms with Crippen molar-refractivity contribution in [2.75, 3.05) is 5.73 Å². The topological polar surface area (TPSA) is 94.0 Å². The maximum Gasteiger partial charge on any atom is 0.258 e. The van der Waals surface area contributed by atoms with Crippen LogP contribution in [0.4, 0.5) is 5.69 Å². The number of fused-ring (bicyclic) bond motifs is 1. The molecule has 0 spiro atoms. The van der Waals surface area contributed by atoms with Gasteiger partial charge in [-0.3, -0.25) is 4.79 Å². The molecule has 2 aromatic carbocycles. The Bertz CT molecular complexity index is 1050. The average molecular weight is 390 g/mol. The van der Waals surface area contributed by atoms with Gasteiger partial charge in [-0.05, 0) is 54.7 Å². The molecular weight excluding hydrogens is 364 g/mol. The summed E-state index contributed by atoms with van der Waals surface area (Å²) in [6, 6.07) is 13.2. The number of hydrogen-bond donors (Lipinski definition) is 2. The van der Waals surface area contributed by atoms with Crippen LogP contribution in [0.25, 0.3) is 11.5 Å². The fourth-order valence-corrected chi connectivity index (χ4v) is 3.73. The van der Waals surface area contributed by atoms with E-state index >= 15 is 0 Å². The predicted octanol–water partition coefficient (Wildman–Crippen LogP) is 4.42. The Hall–Kier alpha value is -3.15. The number of nitrogens with zero attached hydrogens (tertiary/aromatic N) is 2. The third-order valence-electron chi connectivity index (χ3n) is 5.29. The molecule has 0 saturated carbocycles. The van der Waals surface area contributed by atoms with E-state index in [1.807, 2.05) is 57.2 Å². The molecule has 1 aromatic heterocycles. The Kier molecular flexibility index (Phi) is 4.86. The van der Waals surface area contributed by atoms with Crippen LogP contribution in [0.1, 0.15) is 67.0 Å². The van der Waals surface area contributed by atoms with Crippen molar-refractivity contribution < 1.29 is 9.32 Å². The van der Waals surface area contributed by atoms with Crippen molar-refractivity contribution in [1.82, 2.24) is 15.5 Å². The lowest BCUT2D eigenvalue weighted by Gasteiger charge is -2.27. The van der Waals surface area contributed by atoms with Crippen LogP contribution in [-0.2, 0) is 11.8 Å². The summed E-state index contributed by atoms with van der Waals surface area (Å²) in [5, 5.41) is 7.28. The fraction of sp³-hybridized carbons (Fsp3) is 0.348. The van der Waals surface area contributed by atoms with Crippen LogP contribution in [0.2, 0.25) is 0 Å². The quantitative estimate of drug-likeness (QED) is 0.646. The molecule has 3 N–H and O–H groups in total. The highest BCUT2D eigenvalue weighted by atomic mass is 16.5. The van der Waals surface area contributed by atoms with Gasteiger partial charge in [0.1, 0.15) is 0 Å². The van der Waals surface area contributed by atoms with Gasteiger partial charge in [-0.2, -0.15) is 4.98 Å². The minimum absolute atomic E-state index is 0.0345. The molecule has 1 amide bonds. The van der Waals surface area contributed by atoms with Crippen molar-refractivity contribution in [3.63, 3.8) is 0 Å². The van der Waals surface area contributed by atoms with Crippen LogP contribution in [0.5, 0.6) is 0 Å². The summed E-state index contributed by atoms with van der Waals surface area (Å²) >= 11 is 0. The van der Waals surface area contributed by atoms with Crippen LogP contribution in [0, 0.1) is 0 Å². The number of carbonyl (C=O) groups excluding carboxylic acids is 1. The number of rotatable bonds is 3. The number of amides is 1. The molecule has 1 atom stereocenters. The van der Waals surface area contributed by atoms with Crippen molar-refractivity contribution >= 4 is 11.6 Å². The van der Waals surface area contributed by atoms with Crippen LogP contribution in [0.15, 0.2) is 47.0 Å². The highest BCUT2D eigenvalue weighted by molar-refractivity contribution is 6.00. The van der Waals surface area contributed by atoms with E-state index in [0.29, 0.717) is 22.8 Å². The Morgan fingerprint density at radius 1 is 1.21 bits per heavy atom. The standard InChI is InChI=1S/C23H26N4O2/c1-23(2,3)22-26-21(29-27-22)18-9-5-4-8-17(18)20(28)25-19-10-6-7-14-13-15(24)11-12-16(14)19/h4-5,8-9,11-13,19H,6-7,10,24H2,1-3H3,(H,25,28). The van der Waals surface area contributed by atoms with Crippen molar-refractivity contribution in [3.05, 3.63) is 65.0 Å². The Labute approximate surface area is 170 Å². The number of nitrogen functional groups attached to an aromatic ring is 1. The summed E-state index contributed by atoms with van der Waals surface area (Å²) in [5.41, 5.74) is 9.97. The van der Waals surface area contributed by atoms with E-state index in [-0.39, 0.29) is 17.4 Å². The zero-order chi connectivity index (χ0) is 20.6. The molecular formula is C23H26N4O2. The second-order valence-electron chi connectivity index (χ2n) is 8.60. The highest BCUT2D eigenvalue weighted by Crippen LogP contribution is 2.32. The molecule has 0 radical (unpaired) electrons. The highest BCUT2D eigenvalue weighted by Gasteiger charge is 2.26. The van der Waals surface area contributed by atoms with E-state index in [9.17, 15) is 4.79 Å². The monoisotopic (exact) mass is 390 g/mol. The van der Waals surface area contributed by atoms with Crippen LogP contribution < -0.4 is 11.1 Å². The number of anilines is 1. The molecule has 1 aliphatic carbocycles. The van der Waals surface area contributed by atoms with Gasteiger partial charge in [0.15, 0.2) is 5.82 Å². The van der Waals surface area contributed by atoms with Crippen molar-refractivity contribution in [3.8, 4) is 11.5 Å². The molecule has 6 heteroatoms. The minimum Gasteiger partial charge on any atom is -0.399 e. The molecule has 0 aliphatic heterocycles. The predicted molar refractivity (Wildman–Crippen MR) is 112 cm³/mol.